The number of phenols is 1. The first-order valence-corrected chi connectivity index (χ1v) is 7.36. The maximum Gasteiger partial charge on any atom is 0.120 e. The van der Waals surface area contributed by atoms with Gasteiger partial charge in [-0.05, 0) is 36.6 Å². The molecule has 2 N–H and O–H groups in total. The Morgan fingerprint density at radius 2 is 1.76 bits per heavy atom. The Kier molecular flexibility index (Phi) is 4.22. The minimum atomic E-state index is 0.362. The van der Waals surface area contributed by atoms with Gasteiger partial charge in [0.2, 0.25) is 0 Å². The molecule has 108 valence electrons. The molecular weight excluding hydrogens is 260 g/mol. The van der Waals surface area contributed by atoms with Crippen molar-refractivity contribution in [3.8, 4) is 5.75 Å². The average Bonchev–Trinajstić information content (AvgIpc) is 2.92. The Hall–Kier alpha value is -2.26. The molecule has 3 nitrogen and oxygen atoms in total. The molecule has 0 unspecified atom stereocenters. The van der Waals surface area contributed by atoms with E-state index in [1.165, 1.54) is 10.9 Å². The van der Waals surface area contributed by atoms with Crippen LogP contribution >= 0.6 is 0 Å². The highest BCUT2D eigenvalue weighted by molar-refractivity contribution is 5.79. The van der Waals surface area contributed by atoms with Crippen molar-refractivity contribution in [1.29, 1.82) is 0 Å². The summed E-state index contributed by atoms with van der Waals surface area (Å²) in [5, 5.41) is 14.4. The number of hydrogen-bond acceptors (Lipinski definition) is 2. The van der Waals surface area contributed by atoms with Gasteiger partial charge in [-0.15, -0.1) is 0 Å². The molecule has 0 aliphatic rings. The summed E-state index contributed by atoms with van der Waals surface area (Å²) in [4.78, 5) is 0. The van der Waals surface area contributed by atoms with E-state index < -0.39 is 0 Å². The second-order valence-corrected chi connectivity index (χ2v) is 5.23. The molecule has 0 saturated heterocycles. The molecule has 0 saturated carbocycles. The quantitative estimate of drug-likeness (QED) is 0.678. The Labute approximate surface area is 124 Å². The van der Waals surface area contributed by atoms with Gasteiger partial charge in [0.1, 0.15) is 5.75 Å². The monoisotopic (exact) mass is 280 g/mol. The first-order chi connectivity index (χ1) is 10.3. The topological polar surface area (TPSA) is 37.2 Å². The first-order valence-electron chi connectivity index (χ1n) is 7.36. The standard InChI is InChI=1S/C18H20N2O/c21-18-9-4-2-7-16(18)14-19-11-5-12-20-13-10-15-6-1-3-8-17(15)20/h1-4,6-10,13,19,21H,5,11-12,14H2. The van der Waals surface area contributed by atoms with Gasteiger partial charge in [0.05, 0.1) is 0 Å². The summed E-state index contributed by atoms with van der Waals surface area (Å²) < 4.78 is 2.29. The SMILES string of the molecule is Oc1ccccc1CNCCCn1ccc2ccccc21. The van der Waals surface area contributed by atoms with Crippen LogP contribution in [0.25, 0.3) is 10.9 Å². The predicted octanol–water partition coefficient (Wildman–Crippen LogP) is 3.53. The van der Waals surface area contributed by atoms with Gasteiger partial charge in [-0.3, -0.25) is 0 Å². The van der Waals surface area contributed by atoms with E-state index in [1.807, 2.05) is 18.2 Å². The fourth-order valence-electron chi connectivity index (χ4n) is 2.59. The number of nitrogens with zero attached hydrogens (tertiary/aromatic N) is 1. The van der Waals surface area contributed by atoms with E-state index in [9.17, 15) is 5.11 Å². The van der Waals surface area contributed by atoms with E-state index in [1.54, 1.807) is 6.07 Å². The molecular formula is C18H20N2O. The molecule has 2 aromatic carbocycles. The number of aryl methyl sites for hydroxylation is 1. The van der Waals surface area contributed by atoms with Crippen LogP contribution in [0.15, 0.2) is 60.8 Å². The molecule has 0 radical (unpaired) electrons. The van der Waals surface area contributed by atoms with Crippen LogP contribution in [-0.4, -0.2) is 16.2 Å². The lowest BCUT2D eigenvalue weighted by Gasteiger charge is -2.08. The third-order valence-corrected chi connectivity index (χ3v) is 3.74. The summed E-state index contributed by atoms with van der Waals surface area (Å²) >= 11 is 0. The van der Waals surface area contributed by atoms with E-state index in [0.717, 1.165) is 25.1 Å². The third-order valence-electron chi connectivity index (χ3n) is 3.74. The van der Waals surface area contributed by atoms with Crippen molar-refractivity contribution in [3.63, 3.8) is 0 Å². The van der Waals surface area contributed by atoms with E-state index in [2.05, 4.69) is 46.4 Å². The Balaban J connectivity index is 1.47. The lowest BCUT2D eigenvalue weighted by Crippen LogP contribution is -2.16. The van der Waals surface area contributed by atoms with Crippen molar-refractivity contribution in [3.05, 3.63) is 66.4 Å². The van der Waals surface area contributed by atoms with Crippen LogP contribution < -0.4 is 5.32 Å². The highest BCUT2D eigenvalue weighted by Crippen LogP contribution is 2.16. The van der Waals surface area contributed by atoms with Crippen LogP contribution in [0.1, 0.15) is 12.0 Å². The van der Waals surface area contributed by atoms with Crippen LogP contribution in [-0.2, 0) is 13.1 Å². The molecule has 0 amide bonds. The normalized spacial score (nSPS) is 11.0. The zero-order valence-electron chi connectivity index (χ0n) is 12.0. The number of nitrogens with one attached hydrogen (secondary N) is 1. The van der Waals surface area contributed by atoms with Crippen LogP contribution in [0.5, 0.6) is 5.75 Å². The van der Waals surface area contributed by atoms with Crippen molar-refractivity contribution in [1.82, 2.24) is 9.88 Å². The maximum atomic E-state index is 9.69. The molecule has 0 fully saturated rings. The fourth-order valence-corrected chi connectivity index (χ4v) is 2.59. The largest absolute Gasteiger partial charge is 0.508 e. The second-order valence-electron chi connectivity index (χ2n) is 5.23. The highest BCUT2D eigenvalue weighted by atomic mass is 16.3. The molecule has 21 heavy (non-hydrogen) atoms. The first kappa shape index (κ1) is 13.7. The Bertz CT molecular complexity index is 718. The minimum Gasteiger partial charge on any atom is -0.508 e. The summed E-state index contributed by atoms with van der Waals surface area (Å²) in [5.74, 6) is 0.362. The van der Waals surface area contributed by atoms with Crippen molar-refractivity contribution < 1.29 is 5.11 Å². The van der Waals surface area contributed by atoms with Crippen LogP contribution in [0.2, 0.25) is 0 Å². The van der Waals surface area contributed by atoms with Crippen LogP contribution in [0, 0.1) is 0 Å². The lowest BCUT2D eigenvalue weighted by atomic mass is 10.2. The summed E-state index contributed by atoms with van der Waals surface area (Å²) in [5.41, 5.74) is 2.24. The van der Waals surface area contributed by atoms with Gasteiger partial charge in [-0.2, -0.15) is 0 Å². The zero-order valence-corrected chi connectivity index (χ0v) is 12.0. The van der Waals surface area contributed by atoms with Gasteiger partial charge in [0.15, 0.2) is 0 Å². The summed E-state index contributed by atoms with van der Waals surface area (Å²) in [6.45, 7) is 2.64. The zero-order chi connectivity index (χ0) is 14.5. The number of rotatable bonds is 6. The van der Waals surface area contributed by atoms with E-state index in [-0.39, 0.29) is 0 Å². The van der Waals surface area contributed by atoms with Gasteiger partial charge in [-0.1, -0.05) is 36.4 Å². The third kappa shape index (κ3) is 3.26. The molecule has 1 heterocycles. The van der Waals surface area contributed by atoms with Gasteiger partial charge >= 0.3 is 0 Å². The van der Waals surface area contributed by atoms with Gasteiger partial charge in [0.25, 0.3) is 0 Å². The van der Waals surface area contributed by atoms with E-state index in [4.69, 9.17) is 0 Å². The molecule has 3 aromatic rings. The molecule has 3 heteroatoms. The van der Waals surface area contributed by atoms with Crippen LogP contribution in [0.3, 0.4) is 0 Å². The summed E-state index contributed by atoms with van der Waals surface area (Å²) in [6, 6.07) is 18.1. The van der Waals surface area contributed by atoms with E-state index >= 15 is 0 Å². The smallest absolute Gasteiger partial charge is 0.120 e. The average molecular weight is 280 g/mol. The van der Waals surface area contributed by atoms with E-state index in [0.29, 0.717) is 12.3 Å². The number of aromatic nitrogens is 1. The molecule has 0 spiro atoms. The van der Waals surface area contributed by atoms with Crippen molar-refractivity contribution in [2.24, 2.45) is 0 Å². The molecule has 0 aliphatic heterocycles. The number of fused-ring (bicyclic) bond motifs is 1. The Morgan fingerprint density at radius 1 is 0.952 bits per heavy atom. The molecule has 0 aliphatic carbocycles. The highest BCUT2D eigenvalue weighted by Gasteiger charge is 2.00. The van der Waals surface area contributed by atoms with Crippen molar-refractivity contribution in [2.45, 2.75) is 19.5 Å². The number of aromatic hydroxyl groups is 1. The van der Waals surface area contributed by atoms with Crippen molar-refractivity contribution in [2.75, 3.05) is 6.54 Å². The van der Waals surface area contributed by atoms with Gasteiger partial charge < -0.3 is 15.0 Å². The molecule has 0 atom stereocenters. The summed E-state index contributed by atoms with van der Waals surface area (Å²) in [6.07, 6.45) is 3.21. The van der Waals surface area contributed by atoms with Crippen molar-refractivity contribution >= 4 is 10.9 Å². The Morgan fingerprint density at radius 3 is 2.67 bits per heavy atom. The molecule has 3 rings (SSSR count). The van der Waals surface area contributed by atoms with Gasteiger partial charge in [-0.25, -0.2) is 0 Å². The van der Waals surface area contributed by atoms with Gasteiger partial charge in [0, 0.05) is 30.4 Å². The predicted molar refractivity (Wildman–Crippen MR) is 86.4 cm³/mol. The lowest BCUT2D eigenvalue weighted by molar-refractivity contribution is 0.463. The number of benzene rings is 2. The molecule has 0 bridgehead atoms. The number of phenolic OH excluding ortho intramolecular Hbond substituents is 1. The van der Waals surface area contributed by atoms with Crippen LogP contribution in [0.4, 0.5) is 0 Å². The number of para-hydroxylation sites is 2. The molecule has 1 aromatic heterocycles. The minimum absolute atomic E-state index is 0.362. The second kappa shape index (κ2) is 6.46. The summed E-state index contributed by atoms with van der Waals surface area (Å²) in [7, 11) is 0. The maximum absolute atomic E-state index is 9.69. The fraction of sp³-hybridized carbons (Fsp3) is 0.222. The number of hydrogen-bond donors (Lipinski definition) is 2.